The molecular formula is C20H20ClN5O2. The van der Waals surface area contributed by atoms with Crippen molar-refractivity contribution in [2.75, 3.05) is 38.2 Å². The van der Waals surface area contributed by atoms with Gasteiger partial charge in [0.1, 0.15) is 18.4 Å². The van der Waals surface area contributed by atoms with Gasteiger partial charge in [-0.25, -0.2) is 0 Å². The Morgan fingerprint density at radius 3 is 2.21 bits per heavy atom. The summed E-state index contributed by atoms with van der Waals surface area (Å²) in [6, 6.07) is 13.3. The number of methoxy groups -OCH3 is 1. The van der Waals surface area contributed by atoms with Gasteiger partial charge in [0.05, 0.1) is 17.7 Å². The molecule has 0 spiro atoms. The quantitative estimate of drug-likeness (QED) is 0.677. The number of hydrogen-bond donors (Lipinski definition) is 0. The van der Waals surface area contributed by atoms with Crippen LogP contribution in [0, 0.1) is 0 Å². The zero-order valence-electron chi connectivity index (χ0n) is 15.5. The summed E-state index contributed by atoms with van der Waals surface area (Å²) in [6.07, 6.45) is 3.18. The van der Waals surface area contributed by atoms with E-state index >= 15 is 0 Å². The molecule has 0 saturated carbocycles. The minimum Gasteiger partial charge on any atom is -0.497 e. The van der Waals surface area contributed by atoms with Crippen LogP contribution < -0.4 is 9.64 Å². The Morgan fingerprint density at radius 1 is 0.964 bits per heavy atom. The fourth-order valence-electron chi connectivity index (χ4n) is 3.30. The Kier molecular flexibility index (Phi) is 5.16. The summed E-state index contributed by atoms with van der Waals surface area (Å²) in [7, 11) is 1.66. The molecule has 144 valence electrons. The third-order valence-corrected chi connectivity index (χ3v) is 5.22. The highest BCUT2D eigenvalue weighted by atomic mass is 35.5. The van der Waals surface area contributed by atoms with E-state index in [0.717, 1.165) is 30.2 Å². The monoisotopic (exact) mass is 397 g/mol. The largest absolute Gasteiger partial charge is 0.497 e. The first-order chi connectivity index (χ1) is 13.7. The molecule has 0 aliphatic carbocycles. The molecule has 2 heterocycles. The van der Waals surface area contributed by atoms with Crippen molar-refractivity contribution in [1.29, 1.82) is 0 Å². The van der Waals surface area contributed by atoms with Gasteiger partial charge in [-0.3, -0.25) is 9.36 Å². The van der Waals surface area contributed by atoms with Crippen LogP contribution in [0.1, 0.15) is 10.4 Å². The highest BCUT2D eigenvalue weighted by Gasteiger charge is 2.24. The number of benzene rings is 2. The first-order valence-corrected chi connectivity index (χ1v) is 9.36. The first-order valence-electron chi connectivity index (χ1n) is 8.98. The third-order valence-electron chi connectivity index (χ3n) is 4.90. The molecule has 2 aromatic carbocycles. The van der Waals surface area contributed by atoms with Gasteiger partial charge in [-0.15, -0.1) is 10.2 Å². The maximum absolute atomic E-state index is 12.9. The van der Waals surface area contributed by atoms with Crippen molar-refractivity contribution in [1.82, 2.24) is 19.7 Å². The van der Waals surface area contributed by atoms with Gasteiger partial charge in [-0.1, -0.05) is 11.6 Å². The van der Waals surface area contributed by atoms with Crippen LogP contribution in [-0.4, -0.2) is 58.9 Å². The van der Waals surface area contributed by atoms with E-state index in [-0.39, 0.29) is 5.91 Å². The smallest absolute Gasteiger partial charge is 0.255 e. The number of anilines is 1. The molecule has 28 heavy (non-hydrogen) atoms. The molecule has 7 nitrogen and oxygen atoms in total. The summed E-state index contributed by atoms with van der Waals surface area (Å²) in [4.78, 5) is 17.0. The molecule has 0 bridgehead atoms. The number of carbonyl (C=O) groups is 1. The molecule has 1 amide bonds. The van der Waals surface area contributed by atoms with Crippen molar-refractivity contribution < 1.29 is 9.53 Å². The van der Waals surface area contributed by atoms with Crippen molar-refractivity contribution in [3.05, 3.63) is 65.7 Å². The van der Waals surface area contributed by atoms with Gasteiger partial charge in [0.25, 0.3) is 5.91 Å². The number of amides is 1. The fourth-order valence-corrected chi connectivity index (χ4v) is 3.56. The maximum atomic E-state index is 12.9. The molecule has 1 aromatic heterocycles. The molecule has 0 atom stereocenters. The molecule has 1 saturated heterocycles. The second-order valence-corrected chi connectivity index (χ2v) is 6.92. The summed E-state index contributed by atoms with van der Waals surface area (Å²) in [5.74, 6) is 0.789. The van der Waals surface area contributed by atoms with Crippen LogP contribution in [0.4, 0.5) is 5.69 Å². The van der Waals surface area contributed by atoms with Crippen molar-refractivity contribution in [2.24, 2.45) is 0 Å². The van der Waals surface area contributed by atoms with Crippen LogP contribution in [-0.2, 0) is 0 Å². The number of nitrogens with zero attached hydrogens (tertiary/aromatic N) is 5. The summed E-state index contributed by atoms with van der Waals surface area (Å²) >= 11 is 6.39. The van der Waals surface area contributed by atoms with Gasteiger partial charge in [0.2, 0.25) is 0 Å². The van der Waals surface area contributed by atoms with Gasteiger partial charge >= 0.3 is 0 Å². The Bertz CT molecular complexity index is 951. The Balaban J connectivity index is 1.42. The Hall–Kier alpha value is -3.06. The zero-order chi connectivity index (χ0) is 19.5. The Labute approximate surface area is 168 Å². The van der Waals surface area contributed by atoms with Crippen molar-refractivity contribution in [3.8, 4) is 11.4 Å². The predicted octanol–water partition coefficient (Wildman–Crippen LogP) is 2.89. The van der Waals surface area contributed by atoms with Crippen LogP contribution in [0.5, 0.6) is 5.75 Å². The second-order valence-electron chi connectivity index (χ2n) is 6.51. The lowest BCUT2D eigenvalue weighted by Gasteiger charge is -2.36. The van der Waals surface area contributed by atoms with Crippen molar-refractivity contribution in [2.45, 2.75) is 0 Å². The van der Waals surface area contributed by atoms with Crippen molar-refractivity contribution >= 4 is 23.2 Å². The molecule has 0 radical (unpaired) electrons. The van der Waals surface area contributed by atoms with Gasteiger partial charge in [-0.2, -0.15) is 0 Å². The van der Waals surface area contributed by atoms with Crippen molar-refractivity contribution in [3.63, 3.8) is 0 Å². The molecular weight excluding hydrogens is 378 g/mol. The van der Waals surface area contributed by atoms with Crippen LogP contribution in [0.3, 0.4) is 0 Å². The summed E-state index contributed by atoms with van der Waals surface area (Å²) in [5.41, 5.74) is 2.46. The molecule has 8 heteroatoms. The average molecular weight is 398 g/mol. The number of carbonyl (C=O) groups excluding carboxylic acids is 1. The second kappa shape index (κ2) is 7.90. The van der Waals surface area contributed by atoms with E-state index < -0.39 is 0 Å². The molecule has 4 rings (SSSR count). The lowest BCUT2D eigenvalue weighted by molar-refractivity contribution is 0.0747. The van der Waals surface area contributed by atoms with E-state index in [1.54, 1.807) is 36.5 Å². The highest BCUT2D eigenvalue weighted by Crippen LogP contribution is 2.24. The molecule has 1 aliphatic rings. The molecule has 1 aliphatic heterocycles. The van der Waals surface area contributed by atoms with E-state index in [1.165, 1.54) is 0 Å². The van der Waals surface area contributed by atoms with Gasteiger partial charge in [0.15, 0.2) is 0 Å². The van der Waals surface area contributed by atoms with E-state index in [4.69, 9.17) is 16.3 Å². The van der Waals surface area contributed by atoms with E-state index in [9.17, 15) is 4.79 Å². The molecule has 3 aromatic rings. The number of aromatic nitrogens is 3. The zero-order valence-corrected chi connectivity index (χ0v) is 16.2. The van der Waals surface area contributed by atoms with Crippen LogP contribution in [0.2, 0.25) is 5.02 Å². The number of ether oxygens (including phenoxy) is 1. The number of halogens is 1. The van der Waals surface area contributed by atoms with Crippen LogP contribution >= 0.6 is 11.6 Å². The minimum atomic E-state index is -0.0466. The van der Waals surface area contributed by atoms with Gasteiger partial charge in [-0.05, 0) is 42.5 Å². The minimum absolute atomic E-state index is 0.0466. The predicted molar refractivity (Wildman–Crippen MR) is 107 cm³/mol. The third kappa shape index (κ3) is 3.66. The van der Waals surface area contributed by atoms with E-state index in [1.807, 2.05) is 35.2 Å². The SMILES string of the molecule is COc1ccc(N2CCN(C(=O)c3ccc(-n4cnnc4)cc3Cl)CC2)cc1. The molecule has 0 unspecified atom stereocenters. The normalized spacial score (nSPS) is 14.2. The lowest BCUT2D eigenvalue weighted by Crippen LogP contribution is -2.48. The number of piperazine rings is 1. The van der Waals surface area contributed by atoms with Gasteiger partial charge < -0.3 is 14.5 Å². The topological polar surface area (TPSA) is 63.5 Å². The number of rotatable bonds is 4. The Morgan fingerprint density at radius 2 is 1.61 bits per heavy atom. The summed E-state index contributed by atoms with van der Waals surface area (Å²) in [6.45, 7) is 2.84. The lowest BCUT2D eigenvalue weighted by atomic mass is 10.1. The maximum Gasteiger partial charge on any atom is 0.255 e. The molecule has 1 fully saturated rings. The van der Waals surface area contributed by atoms with Crippen LogP contribution in [0.15, 0.2) is 55.1 Å². The van der Waals surface area contributed by atoms with E-state index in [0.29, 0.717) is 23.7 Å². The average Bonchev–Trinajstić information content (AvgIpc) is 3.28. The highest BCUT2D eigenvalue weighted by molar-refractivity contribution is 6.34. The fraction of sp³-hybridized carbons (Fsp3) is 0.250. The standard InChI is InChI=1S/C20H20ClN5O2/c1-28-17-5-2-15(3-6-17)24-8-10-25(11-9-24)20(27)18-7-4-16(12-19(18)21)26-13-22-23-14-26/h2-7,12-14H,8-11H2,1H3. The molecule has 0 N–H and O–H groups in total. The first kappa shape index (κ1) is 18.3. The summed E-state index contributed by atoms with van der Waals surface area (Å²) in [5, 5.41) is 7.99. The number of hydrogen-bond acceptors (Lipinski definition) is 5. The van der Waals surface area contributed by atoms with Crippen LogP contribution in [0.25, 0.3) is 5.69 Å². The van der Waals surface area contributed by atoms with Gasteiger partial charge in [0, 0.05) is 37.6 Å². The van der Waals surface area contributed by atoms with E-state index in [2.05, 4.69) is 15.1 Å². The summed E-state index contributed by atoms with van der Waals surface area (Å²) < 4.78 is 6.95.